The maximum Gasteiger partial charge on any atom is 0.194 e. The minimum Gasteiger partial charge on any atom is -0.351 e. The molecule has 0 radical (unpaired) electrons. The van der Waals surface area contributed by atoms with Crippen LogP contribution in [-0.2, 0) is 20.1 Å². The zero-order chi connectivity index (χ0) is 16.3. The molecule has 0 aliphatic carbocycles. The van der Waals surface area contributed by atoms with Crippen molar-refractivity contribution in [2.24, 2.45) is 12.0 Å². The van der Waals surface area contributed by atoms with Gasteiger partial charge >= 0.3 is 0 Å². The summed E-state index contributed by atoms with van der Waals surface area (Å²) in [7, 11) is 5.80. The van der Waals surface area contributed by atoms with Crippen LogP contribution in [-0.4, -0.2) is 34.5 Å². The number of guanidine groups is 1. The lowest BCUT2D eigenvalue weighted by atomic mass is 10.4. The fourth-order valence-electron chi connectivity index (χ4n) is 2.32. The van der Waals surface area contributed by atoms with Crippen LogP contribution in [0.1, 0.15) is 21.3 Å². The Bertz CT molecular complexity index is 674. The number of halogens is 1. The molecule has 0 aromatic carbocycles. The fraction of sp³-hybridized carbons (Fsp3) is 0.467. The molecular formula is C15H22ClN5S. The van der Waals surface area contributed by atoms with Gasteiger partial charge in [0.1, 0.15) is 0 Å². The van der Waals surface area contributed by atoms with Crippen LogP contribution in [0.2, 0.25) is 5.02 Å². The number of aromatic nitrogens is 2. The van der Waals surface area contributed by atoms with Gasteiger partial charge in [-0.15, -0.1) is 11.3 Å². The summed E-state index contributed by atoms with van der Waals surface area (Å²) in [4.78, 5) is 12.1. The van der Waals surface area contributed by atoms with Crippen molar-refractivity contribution >= 4 is 28.9 Å². The molecule has 0 spiro atoms. The Morgan fingerprint density at radius 3 is 2.73 bits per heavy atom. The van der Waals surface area contributed by atoms with Crippen molar-refractivity contribution in [2.75, 3.05) is 14.1 Å². The molecule has 5 nitrogen and oxygen atoms in total. The summed E-state index contributed by atoms with van der Waals surface area (Å²) < 4.78 is 2.03. The quantitative estimate of drug-likeness (QED) is 0.688. The largest absolute Gasteiger partial charge is 0.351 e. The molecule has 2 heterocycles. The molecule has 2 rings (SSSR count). The Balaban J connectivity index is 1.99. The van der Waals surface area contributed by atoms with Gasteiger partial charge in [0.2, 0.25) is 0 Å². The third-order valence-corrected chi connectivity index (χ3v) is 4.73. The van der Waals surface area contributed by atoms with E-state index in [9.17, 15) is 0 Å². The maximum absolute atomic E-state index is 6.03. The summed E-state index contributed by atoms with van der Waals surface area (Å²) in [5, 5.41) is 5.24. The van der Waals surface area contributed by atoms with E-state index >= 15 is 0 Å². The van der Waals surface area contributed by atoms with Gasteiger partial charge < -0.3 is 14.8 Å². The fourth-order valence-corrected chi connectivity index (χ4v) is 3.47. The predicted octanol–water partition coefficient (Wildman–Crippen LogP) is 2.96. The van der Waals surface area contributed by atoms with Crippen molar-refractivity contribution in [1.29, 1.82) is 0 Å². The second kappa shape index (κ2) is 7.15. The van der Waals surface area contributed by atoms with Crippen molar-refractivity contribution in [3.05, 3.63) is 38.6 Å². The zero-order valence-electron chi connectivity index (χ0n) is 13.6. The molecule has 22 heavy (non-hydrogen) atoms. The average molecular weight is 340 g/mol. The van der Waals surface area contributed by atoms with Crippen molar-refractivity contribution in [3.63, 3.8) is 0 Å². The first-order valence-corrected chi connectivity index (χ1v) is 8.25. The molecule has 1 N–H and O–H groups in total. The Hall–Kier alpha value is -1.53. The minimum atomic E-state index is 0.738. The SMILES string of the molecule is CN=C(NCc1sc(C)nc1C)N(C)Cc1cc(Cl)cn1C. The van der Waals surface area contributed by atoms with Gasteiger partial charge in [0, 0.05) is 37.9 Å². The number of rotatable bonds is 4. The molecule has 2 aromatic heterocycles. The summed E-state index contributed by atoms with van der Waals surface area (Å²) in [6.07, 6.45) is 1.91. The van der Waals surface area contributed by atoms with Gasteiger partial charge in [0.25, 0.3) is 0 Å². The van der Waals surface area contributed by atoms with Crippen molar-refractivity contribution in [2.45, 2.75) is 26.9 Å². The van der Waals surface area contributed by atoms with E-state index in [2.05, 4.69) is 20.2 Å². The van der Waals surface area contributed by atoms with Gasteiger partial charge in [-0.05, 0) is 19.9 Å². The van der Waals surface area contributed by atoms with Crippen LogP contribution in [0.15, 0.2) is 17.3 Å². The number of hydrogen-bond donors (Lipinski definition) is 1. The third kappa shape index (κ3) is 4.01. The van der Waals surface area contributed by atoms with E-state index in [-0.39, 0.29) is 0 Å². The van der Waals surface area contributed by atoms with Gasteiger partial charge in [-0.1, -0.05) is 11.6 Å². The molecule has 0 unspecified atom stereocenters. The van der Waals surface area contributed by atoms with Gasteiger partial charge in [-0.2, -0.15) is 0 Å². The van der Waals surface area contributed by atoms with Crippen LogP contribution in [0.5, 0.6) is 0 Å². The first-order valence-electron chi connectivity index (χ1n) is 7.06. The normalized spacial score (nSPS) is 11.8. The van der Waals surface area contributed by atoms with Crippen LogP contribution in [0.25, 0.3) is 0 Å². The van der Waals surface area contributed by atoms with Gasteiger partial charge in [-0.25, -0.2) is 4.98 Å². The molecule has 0 aliphatic rings. The van der Waals surface area contributed by atoms with E-state index in [1.165, 1.54) is 4.88 Å². The number of thiazole rings is 1. The first kappa shape index (κ1) is 16.8. The minimum absolute atomic E-state index is 0.738. The lowest BCUT2D eigenvalue weighted by molar-refractivity contribution is 0.462. The highest BCUT2D eigenvalue weighted by molar-refractivity contribution is 7.11. The molecule has 0 amide bonds. The highest BCUT2D eigenvalue weighted by Gasteiger charge is 2.11. The second-order valence-electron chi connectivity index (χ2n) is 5.26. The Labute approximate surface area is 140 Å². The standard InChI is InChI=1S/C15H22ClN5S/c1-10-14(22-11(2)19-10)7-18-15(17-3)21(5)9-13-6-12(16)8-20(13)4/h6,8H,7,9H2,1-5H3,(H,17,18). The van der Waals surface area contributed by atoms with Gasteiger partial charge in [0.15, 0.2) is 5.96 Å². The van der Waals surface area contributed by atoms with E-state index in [0.717, 1.165) is 40.5 Å². The Kier molecular flexibility index (Phi) is 5.47. The molecular weight excluding hydrogens is 318 g/mol. The van der Waals surface area contributed by atoms with E-state index in [0.29, 0.717) is 0 Å². The van der Waals surface area contributed by atoms with Gasteiger partial charge in [-0.3, -0.25) is 4.99 Å². The summed E-state index contributed by atoms with van der Waals surface area (Å²) >= 11 is 7.75. The van der Waals surface area contributed by atoms with E-state index in [1.807, 2.05) is 44.8 Å². The highest BCUT2D eigenvalue weighted by atomic mass is 35.5. The number of nitrogens with one attached hydrogen (secondary N) is 1. The van der Waals surface area contributed by atoms with Crippen LogP contribution < -0.4 is 5.32 Å². The van der Waals surface area contributed by atoms with E-state index < -0.39 is 0 Å². The molecule has 120 valence electrons. The molecule has 0 fully saturated rings. The zero-order valence-corrected chi connectivity index (χ0v) is 15.2. The van der Waals surface area contributed by atoms with E-state index in [1.54, 1.807) is 18.4 Å². The molecule has 0 saturated carbocycles. The molecule has 0 bridgehead atoms. The second-order valence-corrected chi connectivity index (χ2v) is 6.98. The monoisotopic (exact) mass is 339 g/mol. The summed E-state index contributed by atoms with van der Waals surface area (Å²) in [5.41, 5.74) is 2.22. The summed E-state index contributed by atoms with van der Waals surface area (Å²) in [6.45, 7) is 5.55. The van der Waals surface area contributed by atoms with Gasteiger partial charge in [0.05, 0.1) is 28.8 Å². The molecule has 0 atom stereocenters. The number of nitrogens with zero attached hydrogens (tertiary/aromatic N) is 4. The molecule has 2 aromatic rings. The number of aliphatic imine (C=N–C) groups is 1. The number of aryl methyl sites for hydroxylation is 3. The molecule has 0 aliphatic heterocycles. The van der Waals surface area contributed by atoms with Crippen LogP contribution >= 0.6 is 22.9 Å². The van der Waals surface area contributed by atoms with Crippen LogP contribution in [0.4, 0.5) is 0 Å². The molecule has 0 saturated heterocycles. The molecule has 7 heteroatoms. The summed E-state index contributed by atoms with van der Waals surface area (Å²) in [5.74, 6) is 0.850. The van der Waals surface area contributed by atoms with Crippen molar-refractivity contribution in [1.82, 2.24) is 19.8 Å². The van der Waals surface area contributed by atoms with Crippen molar-refractivity contribution < 1.29 is 0 Å². The Morgan fingerprint density at radius 1 is 1.50 bits per heavy atom. The Morgan fingerprint density at radius 2 is 2.23 bits per heavy atom. The third-order valence-electron chi connectivity index (χ3n) is 3.45. The predicted molar refractivity (Wildman–Crippen MR) is 93.7 cm³/mol. The van der Waals surface area contributed by atoms with Crippen LogP contribution in [0.3, 0.4) is 0 Å². The lowest BCUT2D eigenvalue weighted by Crippen LogP contribution is -2.38. The maximum atomic E-state index is 6.03. The smallest absolute Gasteiger partial charge is 0.194 e. The van der Waals surface area contributed by atoms with E-state index in [4.69, 9.17) is 11.6 Å². The highest BCUT2D eigenvalue weighted by Crippen LogP contribution is 2.17. The number of hydrogen-bond acceptors (Lipinski definition) is 3. The van der Waals surface area contributed by atoms with Crippen LogP contribution in [0, 0.1) is 13.8 Å². The topological polar surface area (TPSA) is 45.5 Å². The first-order chi connectivity index (χ1) is 10.4. The average Bonchev–Trinajstić information content (AvgIpc) is 2.92. The van der Waals surface area contributed by atoms with Crippen molar-refractivity contribution in [3.8, 4) is 0 Å². The summed E-state index contributed by atoms with van der Waals surface area (Å²) in [6, 6.07) is 1.97. The lowest BCUT2D eigenvalue weighted by Gasteiger charge is -2.22.